The molecule has 2 heterocycles. The number of nitrogens with one attached hydrogen (secondary N) is 1. The molecule has 1 atom stereocenters. The molecule has 5 rings (SSSR count). The summed E-state index contributed by atoms with van der Waals surface area (Å²) in [5.41, 5.74) is 4.18. The van der Waals surface area contributed by atoms with Crippen molar-refractivity contribution in [3.63, 3.8) is 0 Å². The average molecular weight is 487 g/mol. The first kappa shape index (κ1) is 22.7. The maximum Gasteiger partial charge on any atom is 0.335 e. The summed E-state index contributed by atoms with van der Waals surface area (Å²) in [6.45, 7) is 2.45. The van der Waals surface area contributed by atoms with Crippen LogP contribution in [0.5, 0.6) is 0 Å². The van der Waals surface area contributed by atoms with Gasteiger partial charge >= 0.3 is 5.97 Å². The molecule has 0 aliphatic rings. The van der Waals surface area contributed by atoms with Crippen molar-refractivity contribution in [2.45, 2.75) is 19.5 Å². The Bertz CT molecular complexity index is 1570. The summed E-state index contributed by atoms with van der Waals surface area (Å²) in [6.07, 6.45) is 3.94. The highest BCUT2D eigenvalue weighted by Gasteiger charge is 2.20. The number of hydrogen-bond donors (Lipinski definition) is 2. The van der Waals surface area contributed by atoms with E-state index in [1.165, 1.54) is 12.1 Å². The molecule has 7 nitrogen and oxygen atoms in total. The fourth-order valence-corrected chi connectivity index (χ4v) is 4.50. The van der Waals surface area contributed by atoms with E-state index in [9.17, 15) is 9.59 Å². The molecule has 5 aromatic rings. The number of fused-ring (bicyclic) bond motifs is 3. The second-order valence-electron chi connectivity index (χ2n) is 8.61. The van der Waals surface area contributed by atoms with Crippen LogP contribution < -0.4 is 5.32 Å². The van der Waals surface area contributed by atoms with Gasteiger partial charge in [0.15, 0.2) is 0 Å². The van der Waals surface area contributed by atoms with Gasteiger partial charge in [-0.25, -0.2) is 4.79 Å². The monoisotopic (exact) mass is 486 g/mol. The Kier molecular flexibility index (Phi) is 5.78. The number of halogens is 1. The van der Waals surface area contributed by atoms with Crippen LogP contribution in [0.2, 0.25) is 5.02 Å². The van der Waals surface area contributed by atoms with Crippen LogP contribution >= 0.6 is 11.6 Å². The van der Waals surface area contributed by atoms with Crippen molar-refractivity contribution in [2.75, 3.05) is 0 Å². The van der Waals surface area contributed by atoms with Crippen LogP contribution in [-0.4, -0.2) is 31.3 Å². The minimum Gasteiger partial charge on any atom is -0.478 e. The van der Waals surface area contributed by atoms with Crippen molar-refractivity contribution in [1.82, 2.24) is 19.7 Å². The van der Waals surface area contributed by atoms with Crippen molar-refractivity contribution in [3.8, 4) is 0 Å². The maximum atomic E-state index is 13.5. The zero-order valence-corrected chi connectivity index (χ0v) is 20.0. The number of aromatic nitrogens is 3. The first-order valence-corrected chi connectivity index (χ1v) is 11.5. The smallest absolute Gasteiger partial charge is 0.335 e. The Morgan fingerprint density at radius 1 is 1.06 bits per heavy atom. The zero-order chi connectivity index (χ0) is 24.7. The standard InChI is InChI=1S/C27H23ClN4O3/c1-16(18-5-7-19(8-6-18)27(34)35)29-26(33)22-13-24-23(15-31(2)30-24)21-11-12-32(25(21)22)14-17-3-9-20(28)10-4-17/h3-13,15-16H,14H2,1-2H3,(H,29,33)(H,34,35)/t16-/m0/s1. The first-order valence-electron chi connectivity index (χ1n) is 11.1. The lowest BCUT2D eigenvalue weighted by Crippen LogP contribution is -2.27. The summed E-state index contributed by atoms with van der Waals surface area (Å²) < 4.78 is 3.81. The predicted octanol–water partition coefficient (Wildman–Crippen LogP) is 5.42. The molecule has 35 heavy (non-hydrogen) atoms. The van der Waals surface area contributed by atoms with Crippen molar-refractivity contribution < 1.29 is 14.7 Å². The third-order valence-corrected chi connectivity index (χ3v) is 6.42. The predicted molar refractivity (Wildman–Crippen MR) is 136 cm³/mol. The number of carboxylic acids is 1. The van der Waals surface area contributed by atoms with Gasteiger partial charge in [-0.2, -0.15) is 5.10 Å². The lowest BCUT2D eigenvalue weighted by molar-refractivity contribution is 0.0696. The Balaban J connectivity index is 1.54. The number of nitrogens with zero attached hydrogens (tertiary/aromatic N) is 3. The van der Waals surface area contributed by atoms with Crippen LogP contribution in [-0.2, 0) is 13.6 Å². The third-order valence-electron chi connectivity index (χ3n) is 6.16. The van der Waals surface area contributed by atoms with E-state index in [-0.39, 0.29) is 17.5 Å². The molecule has 0 bridgehead atoms. The van der Waals surface area contributed by atoms with Crippen molar-refractivity contribution in [3.05, 3.63) is 100 Å². The molecule has 0 saturated heterocycles. The molecule has 2 N–H and O–H groups in total. The Labute approximate surface area is 206 Å². The molecule has 2 aromatic heterocycles. The van der Waals surface area contributed by atoms with Gasteiger partial charge in [0.2, 0.25) is 0 Å². The highest BCUT2D eigenvalue weighted by molar-refractivity contribution is 6.30. The largest absolute Gasteiger partial charge is 0.478 e. The molecular weight excluding hydrogens is 464 g/mol. The molecule has 0 spiro atoms. The molecule has 3 aromatic carbocycles. The molecule has 0 aliphatic heterocycles. The lowest BCUT2D eigenvalue weighted by Gasteiger charge is -2.16. The van der Waals surface area contributed by atoms with Crippen LogP contribution in [0.1, 0.15) is 44.8 Å². The van der Waals surface area contributed by atoms with Gasteiger partial charge in [-0.05, 0) is 54.4 Å². The van der Waals surface area contributed by atoms with E-state index in [4.69, 9.17) is 16.7 Å². The van der Waals surface area contributed by atoms with E-state index < -0.39 is 5.97 Å². The molecule has 0 radical (unpaired) electrons. The van der Waals surface area contributed by atoms with Gasteiger partial charge in [-0.3, -0.25) is 9.48 Å². The number of carboxylic acid groups (broad SMARTS) is 1. The van der Waals surface area contributed by atoms with Gasteiger partial charge in [0, 0.05) is 41.8 Å². The molecule has 8 heteroatoms. The molecule has 0 unspecified atom stereocenters. The molecular formula is C27H23ClN4O3. The van der Waals surface area contributed by atoms with Crippen molar-refractivity contribution >= 4 is 45.3 Å². The summed E-state index contributed by atoms with van der Waals surface area (Å²) in [6, 6.07) is 17.7. The number of amides is 1. The van der Waals surface area contributed by atoms with E-state index in [0.29, 0.717) is 17.1 Å². The number of hydrogen-bond acceptors (Lipinski definition) is 3. The van der Waals surface area contributed by atoms with Gasteiger partial charge in [-0.15, -0.1) is 0 Å². The van der Waals surface area contributed by atoms with Crippen LogP contribution in [0, 0.1) is 0 Å². The lowest BCUT2D eigenvalue weighted by atomic mass is 10.0. The zero-order valence-electron chi connectivity index (χ0n) is 19.2. The third kappa shape index (κ3) is 4.38. The van der Waals surface area contributed by atoms with E-state index in [1.807, 2.05) is 62.8 Å². The van der Waals surface area contributed by atoms with Crippen LogP contribution in [0.4, 0.5) is 0 Å². The van der Waals surface area contributed by atoms with Crippen LogP contribution in [0.25, 0.3) is 21.8 Å². The number of carbonyl (C=O) groups excluding carboxylic acids is 1. The number of benzene rings is 3. The number of carbonyl (C=O) groups is 2. The number of rotatable bonds is 6. The fraction of sp³-hybridized carbons (Fsp3) is 0.148. The number of aryl methyl sites for hydroxylation is 1. The normalized spacial score (nSPS) is 12.2. The quantitative estimate of drug-likeness (QED) is 0.335. The van der Waals surface area contributed by atoms with Gasteiger partial charge < -0.3 is 15.0 Å². The second kappa shape index (κ2) is 8.92. The highest BCUT2D eigenvalue weighted by Crippen LogP contribution is 2.30. The average Bonchev–Trinajstić information content (AvgIpc) is 3.42. The topological polar surface area (TPSA) is 89.2 Å². The highest BCUT2D eigenvalue weighted by atomic mass is 35.5. The minimum absolute atomic E-state index is 0.203. The Morgan fingerprint density at radius 2 is 1.77 bits per heavy atom. The Morgan fingerprint density at radius 3 is 2.46 bits per heavy atom. The van der Waals surface area contributed by atoms with E-state index in [1.54, 1.807) is 16.8 Å². The summed E-state index contributed by atoms with van der Waals surface area (Å²) in [5, 5.41) is 19.3. The van der Waals surface area contributed by atoms with E-state index in [2.05, 4.69) is 15.0 Å². The van der Waals surface area contributed by atoms with Gasteiger partial charge in [0.05, 0.1) is 28.2 Å². The Hall–Kier alpha value is -4.10. The molecule has 176 valence electrons. The van der Waals surface area contributed by atoms with Crippen LogP contribution in [0.3, 0.4) is 0 Å². The molecule has 0 saturated carbocycles. The SMILES string of the molecule is C[C@H](NC(=O)c1cc2nn(C)cc2c2ccn(Cc3ccc(Cl)cc3)c12)c1ccc(C(=O)O)cc1. The second-order valence-corrected chi connectivity index (χ2v) is 9.05. The molecule has 0 aliphatic carbocycles. The summed E-state index contributed by atoms with van der Waals surface area (Å²) in [5.74, 6) is -1.21. The minimum atomic E-state index is -0.985. The van der Waals surface area contributed by atoms with Gasteiger partial charge in [0.1, 0.15) is 0 Å². The van der Waals surface area contributed by atoms with Gasteiger partial charge in [-0.1, -0.05) is 35.9 Å². The van der Waals surface area contributed by atoms with E-state index in [0.717, 1.165) is 32.9 Å². The molecule has 1 amide bonds. The summed E-state index contributed by atoms with van der Waals surface area (Å²) in [7, 11) is 1.86. The maximum absolute atomic E-state index is 13.5. The first-order chi connectivity index (χ1) is 16.8. The van der Waals surface area contributed by atoms with Crippen LogP contribution in [0.15, 0.2) is 73.1 Å². The summed E-state index contributed by atoms with van der Waals surface area (Å²) in [4.78, 5) is 24.7. The van der Waals surface area contributed by atoms with Crippen molar-refractivity contribution in [2.24, 2.45) is 7.05 Å². The fourth-order valence-electron chi connectivity index (χ4n) is 4.38. The summed E-state index contributed by atoms with van der Waals surface area (Å²) >= 11 is 6.05. The van der Waals surface area contributed by atoms with E-state index >= 15 is 0 Å². The van der Waals surface area contributed by atoms with Crippen molar-refractivity contribution in [1.29, 1.82) is 0 Å². The molecule has 0 fully saturated rings. The number of aromatic carboxylic acids is 1. The van der Waals surface area contributed by atoms with Gasteiger partial charge in [0.25, 0.3) is 5.91 Å².